The molecule has 1 aromatic rings. The Morgan fingerprint density at radius 3 is 2.69 bits per heavy atom. The summed E-state index contributed by atoms with van der Waals surface area (Å²) in [7, 11) is 1.49. The van der Waals surface area contributed by atoms with E-state index in [0.717, 1.165) is 69.5 Å². The van der Waals surface area contributed by atoms with E-state index < -0.39 is 0 Å². The van der Waals surface area contributed by atoms with Gasteiger partial charge in [-0.05, 0) is 43.0 Å². The van der Waals surface area contributed by atoms with Gasteiger partial charge in [0.05, 0.1) is 7.11 Å². The second-order valence-corrected chi connectivity index (χ2v) is 7.30. The summed E-state index contributed by atoms with van der Waals surface area (Å²) < 4.78 is 18.8. The first-order chi connectivity index (χ1) is 12.7. The Hall–Kier alpha value is -1.47. The Kier molecular flexibility index (Phi) is 9.05. The zero-order valence-corrected chi connectivity index (χ0v) is 16.9. The van der Waals surface area contributed by atoms with Crippen LogP contribution in [-0.2, 0) is 6.54 Å². The molecule has 1 aliphatic heterocycles. The van der Waals surface area contributed by atoms with E-state index in [1.54, 1.807) is 12.1 Å². The van der Waals surface area contributed by atoms with Gasteiger partial charge in [0.2, 0.25) is 0 Å². The largest absolute Gasteiger partial charge is 0.494 e. The number of thioether (sulfide) groups is 1. The first kappa shape index (κ1) is 20.8. The Morgan fingerprint density at radius 1 is 1.31 bits per heavy atom. The number of nitrogens with one attached hydrogen (secondary N) is 1. The molecular formula is C19H31FN4OS. The van der Waals surface area contributed by atoms with Crippen molar-refractivity contribution in [2.24, 2.45) is 4.99 Å². The lowest BCUT2D eigenvalue weighted by molar-refractivity contribution is 0.172. The molecule has 1 aromatic carbocycles. The van der Waals surface area contributed by atoms with Gasteiger partial charge in [-0.2, -0.15) is 11.8 Å². The maximum absolute atomic E-state index is 13.9. The van der Waals surface area contributed by atoms with Crippen LogP contribution < -0.4 is 10.1 Å². The van der Waals surface area contributed by atoms with Crippen LogP contribution in [0.4, 0.5) is 4.39 Å². The van der Waals surface area contributed by atoms with E-state index in [-0.39, 0.29) is 5.82 Å². The summed E-state index contributed by atoms with van der Waals surface area (Å²) in [5, 5.41) is 3.40. The van der Waals surface area contributed by atoms with Crippen molar-refractivity contribution in [3.8, 4) is 5.75 Å². The van der Waals surface area contributed by atoms with E-state index in [0.29, 0.717) is 5.75 Å². The fraction of sp³-hybridized carbons (Fsp3) is 0.632. The van der Waals surface area contributed by atoms with Gasteiger partial charge in [-0.3, -0.25) is 9.89 Å². The van der Waals surface area contributed by atoms with E-state index in [2.05, 4.69) is 28.3 Å². The van der Waals surface area contributed by atoms with Crippen molar-refractivity contribution in [1.82, 2.24) is 15.1 Å². The van der Waals surface area contributed by atoms with Crippen molar-refractivity contribution in [2.75, 3.05) is 58.4 Å². The molecule has 0 radical (unpaired) electrons. The van der Waals surface area contributed by atoms with Crippen LogP contribution >= 0.6 is 11.8 Å². The van der Waals surface area contributed by atoms with E-state index in [4.69, 9.17) is 9.73 Å². The lowest BCUT2D eigenvalue weighted by Crippen LogP contribution is -2.52. The number of rotatable bonds is 8. The van der Waals surface area contributed by atoms with E-state index in [1.165, 1.54) is 7.11 Å². The second-order valence-electron chi connectivity index (χ2n) is 6.31. The topological polar surface area (TPSA) is 40.1 Å². The third-order valence-electron chi connectivity index (χ3n) is 4.40. The van der Waals surface area contributed by atoms with Crippen molar-refractivity contribution in [3.05, 3.63) is 29.6 Å². The highest BCUT2D eigenvalue weighted by Crippen LogP contribution is 2.19. The van der Waals surface area contributed by atoms with E-state index >= 15 is 0 Å². The number of piperazine rings is 1. The van der Waals surface area contributed by atoms with Crippen LogP contribution in [0.2, 0.25) is 0 Å². The van der Waals surface area contributed by atoms with Crippen molar-refractivity contribution in [1.29, 1.82) is 0 Å². The van der Waals surface area contributed by atoms with Gasteiger partial charge in [0.25, 0.3) is 0 Å². The first-order valence-corrected chi connectivity index (χ1v) is 10.6. The minimum absolute atomic E-state index is 0.296. The predicted molar refractivity (Wildman–Crippen MR) is 109 cm³/mol. The molecule has 146 valence electrons. The summed E-state index contributed by atoms with van der Waals surface area (Å²) in [4.78, 5) is 9.43. The second kappa shape index (κ2) is 11.3. The number of aliphatic imine (C=N–C) groups is 1. The van der Waals surface area contributed by atoms with Crippen molar-refractivity contribution in [2.45, 2.75) is 19.9 Å². The smallest absolute Gasteiger partial charge is 0.194 e. The number of guanidine groups is 1. The van der Waals surface area contributed by atoms with Gasteiger partial charge >= 0.3 is 0 Å². The van der Waals surface area contributed by atoms with Gasteiger partial charge in [0, 0.05) is 45.8 Å². The third kappa shape index (κ3) is 6.36. The van der Waals surface area contributed by atoms with Crippen LogP contribution in [0.25, 0.3) is 0 Å². The van der Waals surface area contributed by atoms with Gasteiger partial charge in [-0.25, -0.2) is 4.39 Å². The summed E-state index contributed by atoms with van der Waals surface area (Å²) in [6.45, 7) is 8.38. The van der Waals surface area contributed by atoms with Crippen LogP contribution in [0.3, 0.4) is 0 Å². The molecule has 7 heteroatoms. The molecule has 1 aliphatic rings. The normalized spacial score (nSPS) is 16.0. The van der Waals surface area contributed by atoms with Gasteiger partial charge < -0.3 is 15.0 Å². The highest BCUT2D eigenvalue weighted by Gasteiger charge is 2.20. The van der Waals surface area contributed by atoms with Gasteiger partial charge in [-0.15, -0.1) is 0 Å². The summed E-state index contributed by atoms with van der Waals surface area (Å²) in [6, 6.07) is 5.21. The lowest BCUT2D eigenvalue weighted by Gasteiger charge is -2.36. The minimum atomic E-state index is -0.296. The van der Waals surface area contributed by atoms with Crippen molar-refractivity contribution >= 4 is 17.7 Å². The van der Waals surface area contributed by atoms with Crippen molar-refractivity contribution < 1.29 is 9.13 Å². The summed E-state index contributed by atoms with van der Waals surface area (Å²) in [5.41, 5.74) is 0.981. The highest BCUT2D eigenvalue weighted by atomic mass is 32.2. The zero-order chi connectivity index (χ0) is 18.8. The molecule has 0 aliphatic carbocycles. The van der Waals surface area contributed by atoms with Crippen LogP contribution in [0.5, 0.6) is 5.75 Å². The fourth-order valence-electron chi connectivity index (χ4n) is 3.00. The molecule has 5 nitrogen and oxygen atoms in total. The average molecular weight is 383 g/mol. The number of benzene rings is 1. The van der Waals surface area contributed by atoms with E-state index in [1.807, 2.05) is 17.8 Å². The quantitative estimate of drug-likeness (QED) is 0.425. The predicted octanol–water partition coefficient (Wildman–Crippen LogP) is 2.67. The molecular weight excluding hydrogens is 351 g/mol. The highest BCUT2D eigenvalue weighted by molar-refractivity contribution is 7.98. The van der Waals surface area contributed by atoms with Gasteiger partial charge in [0.1, 0.15) is 0 Å². The molecule has 0 bridgehead atoms. The Labute approximate surface area is 161 Å². The molecule has 0 saturated carbocycles. The standard InChI is InChI=1S/C19H31FN4OS/c1-4-21-19(22-8-5-13-26-3)24-11-9-23(10-12-24)15-16-6-7-18(25-2)17(20)14-16/h6-7,14H,4-5,8-13,15H2,1-3H3,(H,21,22). The maximum atomic E-state index is 13.9. The van der Waals surface area contributed by atoms with Crippen LogP contribution in [0, 0.1) is 5.82 Å². The Balaban J connectivity index is 1.85. The Morgan fingerprint density at radius 2 is 2.08 bits per heavy atom. The molecule has 26 heavy (non-hydrogen) atoms. The maximum Gasteiger partial charge on any atom is 0.194 e. The summed E-state index contributed by atoms with van der Waals surface area (Å²) >= 11 is 1.86. The average Bonchev–Trinajstić information content (AvgIpc) is 2.65. The number of ether oxygens (including phenoxy) is 1. The van der Waals surface area contributed by atoms with Crippen LogP contribution in [0.15, 0.2) is 23.2 Å². The van der Waals surface area contributed by atoms with Crippen LogP contribution in [-0.4, -0.2) is 74.1 Å². The molecule has 0 aromatic heterocycles. The minimum Gasteiger partial charge on any atom is -0.494 e. The molecule has 0 unspecified atom stereocenters. The monoisotopic (exact) mass is 382 g/mol. The molecule has 1 fully saturated rings. The molecule has 0 amide bonds. The molecule has 2 rings (SSSR count). The number of nitrogens with zero attached hydrogens (tertiary/aromatic N) is 3. The summed E-state index contributed by atoms with van der Waals surface area (Å²) in [6.07, 6.45) is 3.24. The van der Waals surface area contributed by atoms with E-state index in [9.17, 15) is 4.39 Å². The number of methoxy groups -OCH3 is 1. The molecule has 1 heterocycles. The Bertz CT molecular complexity index is 577. The molecule has 0 spiro atoms. The van der Waals surface area contributed by atoms with Gasteiger partial charge in [0.15, 0.2) is 17.5 Å². The number of hydrogen-bond donors (Lipinski definition) is 1. The van der Waals surface area contributed by atoms with Crippen LogP contribution in [0.1, 0.15) is 18.9 Å². The lowest BCUT2D eigenvalue weighted by atomic mass is 10.2. The van der Waals surface area contributed by atoms with Crippen molar-refractivity contribution in [3.63, 3.8) is 0 Å². The van der Waals surface area contributed by atoms with Gasteiger partial charge in [-0.1, -0.05) is 6.07 Å². The molecule has 1 saturated heterocycles. The molecule has 0 atom stereocenters. The SMILES string of the molecule is CCNC(=NCCCSC)N1CCN(Cc2ccc(OC)c(F)c2)CC1. The third-order valence-corrected chi connectivity index (χ3v) is 5.09. The fourth-order valence-corrected chi connectivity index (χ4v) is 3.42. The zero-order valence-electron chi connectivity index (χ0n) is 16.1. The first-order valence-electron chi connectivity index (χ1n) is 9.25. The number of halogens is 1. The molecule has 1 N–H and O–H groups in total. The number of hydrogen-bond acceptors (Lipinski definition) is 4. The summed E-state index contributed by atoms with van der Waals surface area (Å²) in [5.74, 6) is 2.17.